The van der Waals surface area contributed by atoms with Crippen molar-refractivity contribution in [2.45, 2.75) is 46.0 Å². The molecular formula is C11H21N3O. The fourth-order valence-corrected chi connectivity index (χ4v) is 1.33. The number of unbranched alkanes of at least 4 members (excludes halogenated alkanes) is 1. The second-order valence-corrected chi connectivity index (χ2v) is 4.28. The second kappa shape index (κ2) is 6.56. The number of aryl methyl sites for hydroxylation is 2. The van der Waals surface area contributed by atoms with Gasteiger partial charge in [-0.2, -0.15) is 4.98 Å². The van der Waals surface area contributed by atoms with Gasteiger partial charge in [-0.25, -0.2) is 0 Å². The van der Waals surface area contributed by atoms with Crippen molar-refractivity contribution in [2.24, 2.45) is 11.7 Å². The summed E-state index contributed by atoms with van der Waals surface area (Å²) in [5, 5.41) is 3.95. The summed E-state index contributed by atoms with van der Waals surface area (Å²) in [5.74, 6) is 2.28. The molecule has 0 aliphatic heterocycles. The van der Waals surface area contributed by atoms with Gasteiger partial charge in [0, 0.05) is 12.8 Å². The van der Waals surface area contributed by atoms with Crippen LogP contribution in [0.4, 0.5) is 0 Å². The lowest BCUT2D eigenvalue weighted by Gasteiger charge is -1.98. The molecule has 0 saturated carbocycles. The molecule has 0 unspecified atom stereocenters. The molecule has 0 spiro atoms. The average Bonchev–Trinajstić information content (AvgIpc) is 2.63. The van der Waals surface area contributed by atoms with Crippen LogP contribution in [0, 0.1) is 5.92 Å². The van der Waals surface area contributed by atoms with Gasteiger partial charge in [0.1, 0.15) is 0 Å². The van der Waals surface area contributed by atoms with E-state index in [2.05, 4.69) is 24.0 Å². The van der Waals surface area contributed by atoms with Crippen molar-refractivity contribution >= 4 is 0 Å². The molecule has 0 bridgehead atoms. The van der Waals surface area contributed by atoms with Crippen LogP contribution in [0.3, 0.4) is 0 Å². The zero-order valence-electron chi connectivity index (χ0n) is 9.70. The quantitative estimate of drug-likeness (QED) is 0.700. The summed E-state index contributed by atoms with van der Waals surface area (Å²) in [4.78, 5) is 4.34. The standard InChI is InChI=1S/C11H21N3O/c1-9(2)6-7-10-13-11(15-14-10)5-3-4-8-12/h9H,3-8,12H2,1-2H3. The Morgan fingerprint density at radius 2 is 2.07 bits per heavy atom. The molecule has 4 nitrogen and oxygen atoms in total. The van der Waals surface area contributed by atoms with Crippen molar-refractivity contribution in [3.63, 3.8) is 0 Å². The topological polar surface area (TPSA) is 64.9 Å². The lowest BCUT2D eigenvalue weighted by atomic mass is 10.1. The lowest BCUT2D eigenvalue weighted by Crippen LogP contribution is -1.99. The SMILES string of the molecule is CC(C)CCc1noc(CCCCN)n1. The van der Waals surface area contributed by atoms with E-state index >= 15 is 0 Å². The third kappa shape index (κ3) is 4.93. The van der Waals surface area contributed by atoms with Gasteiger partial charge in [-0.05, 0) is 31.7 Å². The minimum Gasteiger partial charge on any atom is -0.339 e. The first-order chi connectivity index (χ1) is 7.22. The number of nitrogens with zero attached hydrogens (tertiary/aromatic N) is 2. The third-order valence-corrected chi connectivity index (χ3v) is 2.30. The molecule has 0 aliphatic rings. The Bertz CT molecular complexity index is 271. The molecule has 4 heteroatoms. The molecule has 1 heterocycles. The molecule has 1 aromatic rings. The van der Waals surface area contributed by atoms with Crippen LogP contribution in [0.5, 0.6) is 0 Å². The minimum atomic E-state index is 0.684. The predicted octanol–water partition coefficient (Wildman–Crippen LogP) is 1.94. The number of hydrogen-bond acceptors (Lipinski definition) is 4. The Labute approximate surface area is 91.2 Å². The van der Waals surface area contributed by atoms with Crippen molar-refractivity contribution in [1.29, 1.82) is 0 Å². The Morgan fingerprint density at radius 3 is 2.73 bits per heavy atom. The zero-order valence-corrected chi connectivity index (χ0v) is 9.70. The first-order valence-corrected chi connectivity index (χ1v) is 5.74. The van der Waals surface area contributed by atoms with Gasteiger partial charge in [0.05, 0.1) is 0 Å². The molecule has 2 N–H and O–H groups in total. The van der Waals surface area contributed by atoms with Gasteiger partial charge in [-0.15, -0.1) is 0 Å². The molecule has 0 atom stereocenters. The molecule has 0 saturated heterocycles. The molecule has 1 rings (SSSR count). The van der Waals surface area contributed by atoms with E-state index < -0.39 is 0 Å². The Morgan fingerprint density at radius 1 is 1.27 bits per heavy atom. The van der Waals surface area contributed by atoms with Gasteiger partial charge in [0.15, 0.2) is 5.82 Å². The second-order valence-electron chi connectivity index (χ2n) is 4.28. The van der Waals surface area contributed by atoms with E-state index in [9.17, 15) is 0 Å². The van der Waals surface area contributed by atoms with E-state index in [1.54, 1.807) is 0 Å². The third-order valence-electron chi connectivity index (χ3n) is 2.30. The Kier molecular flexibility index (Phi) is 5.32. The molecule has 15 heavy (non-hydrogen) atoms. The molecule has 0 fully saturated rings. The summed E-state index contributed by atoms with van der Waals surface area (Å²) >= 11 is 0. The number of aromatic nitrogens is 2. The van der Waals surface area contributed by atoms with E-state index in [1.165, 1.54) is 0 Å². The van der Waals surface area contributed by atoms with E-state index in [1.807, 2.05) is 0 Å². The maximum Gasteiger partial charge on any atom is 0.226 e. The normalized spacial score (nSPS) is 11.2. The maximum atomic E-state index is 5.41. The van der Waals surface area contributed by atoms with Crippen LogP contribution in [-0.4, -0.2) is 16.7 Å². The van der Waals surface area contributed by atoms with Gasteiger partial charge in [0.25, 0.3) is 0 Å². The predicted molar refractivity (Wildman–Crippen MR) is 59.4 cm³/mol. The number of hydrogen-bond donors (Lipinski definition) is 1. The van der Waals surface area contributed by atoms with Crippen LogP contribution in [0.25, 0.3) is 0 Å². The highest BCUT2D eigenvalue weighted by atomic mass is 16.5. The number of nitrogens with two attached hydrogens (primary N) is 1. The highest BCUT2D eigenvalue weighted by Crippen LogP contribution is 2.07. The highest BCUT2D eigenvalue weighted by molar-refractivity contribution is 4.86. The number of rotatable bonds is 7. The van der Waals surface area contributed by atoms with E-state index in [0.717, 1.165) is 50.4 Å². The Balaban J connectivity index is 2.29. The molecule has 86 valence electrons. The van der Waals surface area contributed by atoms with Crippen molar-refractivity contribution in [3.05, 3.63) is 11.7 Å². The summed E-state index contributed by atoms with van der Waals surface area (Å²) in [7, 11) is 0. The van der Waals surface area contributed by atoms with Gasteiger partial charge in [0.2, 0.25) is 5.89 Å². The van der Waals surface area contributed by atoms with Crippen molar-refractivity contribution < 1.29 is 4.52 Å². The average molecular weight is 211 g/mol. The van der Waals surface area contributed by atoms with Crippen molar-refractivity contribution in [2.75, 3.05) is 6.54 Å². The highest BCUT2D eigenvalue weighted by Gasteiger charge is 2.06. The van der Waals surface area contributed by atoms with Crippen LogP contribution >= 0.6 is 0 Å². The molecule has 0 aliphatic carbocycles. The fraction of sp³-hybridized carbons (Fsp3) is 0.818. The monoisotopic (exact) mass is 211 g/mol. The van der Waals surface area contributed by atoms with E-state index in [-0.39, 0.29) is 0 Å². The molecular weight excluding hydrogens is 190 g/mol. The van der Waals surface area contributed by atoms with Crippen molar-refractivity contribution in [3.8, 4) is 0 Å². The first kappa shape index (κ1) is 12.2. The largest absolute Gasteiger partial charge is 0.339 e. The summed E-state index contributed by atoms with van der Waals surface area (Å²) in [6.45, 7) is 5.12. The van der Waals surface area contributed by atoms with Crippen LogP contribution in [0.2, 0.25) is 0 Å². The van der Waals surface area contributed by atoms with Crippen LogP contribution < -0.4 is 5.73 Å². The van der Waals surface area contributed by atoms with Crippen LogP contribution in [-0.2, 0) is 12.8 Å². The molecule has 0 amide bonds. The van der Waals surface area contributed by atoms with Gasteiger partial charge in [-0.1, -0.05) is 19.0 Å². The zero-order chi connectivity index (χ0) is 11.1. The summed E-state index contributed by atoms with van der Waals surface area (Å²) < 4.78 is 5.14. The van der Waals surface area contributed by atoms with E-state index in [4.69, 9.17) is 10.3 Å². The molecule has 1 aromatic heterocycles. The minimum absolute atomic E-state index is 0.684. The first-order valence-electron chi connectivity index (χ1n) is 5.74. The van der Waals surface area contributed by atoms with Crippen molar-refractivity contribution in [1.82, 2.24) is 10.1 Å². The Hall–Kier alpha value is -0.900. The lowest BCUT2D eigenvalue weighted by molar-refractivity contribution is 0.368. The summed E-state index contributed by atoms with van der Waals surface area (Å²) in [6, 6.07) is 0. The summed E-state index contributed by atoms with van der Waals surface area (Å²) in [5.41, 5.74) is 5.41. The molecule has 0 aromatic carbocycles. The van der Waals surface area contributed by atoms with E-state index in [0.29, 0.717) is 5.92 Å². The van der Waals surface area contributed by atoms with Crippen LogP contribution in [0.1, 0.15) is 44.8 Å². The molecule has 0 radical (unpaired) electrons. The summed E-state index contributed by atoms with van der Waals surface area (Å²) in [6.07, 6.45) is 4.93. The maximum absolute atomic E-state index is 5.41. The van der Waals surface area contributed by atoms with Gasteiger partial charge in [-0.3, -0.25) is 0 Å². The van der Waals surface area contributed by atoms with Gasteiger partial charge < -0.3 is 10.3 Å². The van der Waals surface area contributed by atoms with Crippen LogP contribution in [0.15, 0.2) is 4.52 Å². The fourth-order valence-electron chi connectivity index (χ4n) is 1.33. The van der Waals surface area contributed by atoms with Gasteiger partial charge >= 0.3 is 0 Å². The smallest absolute Gasteiger partial charge is 0.226 e.